The lowest BCUT2D eigenvalue weighted by atomic mass is 9.38. The Kier molecular flexibility index (Phi) is 14.3. The van der Waals surface area contributed by atoms with Crippen molar-refractivity contribution in [1.29, 1.82) is 0 Å². The largest absolute Gasteiger partial charge is 0.508 e. The number of esters is 2. The number of rotatable bonds is 3. The lowest BCUT2D eigenvalue weighted by Crippen LogP contribution is -2.64. The topological polar surface area (TPSA) is 164 Å². The number of aliphatic hydroxyl groups excluding tert-OH is 1. The first-order chi connectivity index (χ1) is 40.4. The Morgan fingerprint density at radius 1 is 0.843 bits per heavy atom. The molecule has 0 amide bonds. The van der Waals surface area contributed by atoms with Gasteiger partial charge in [0, 0.05) is 61.6 Å². The Balaban J connectivity index is 0.992. The SMILES string of the molecule is COc1cc2c(cc1O)C1CC(O)C3Cc4cc(O)c5cc4C4CC(CC(OC(C)=O)C(C2)C1(C1=Cc2ccccc2CC1)C43)OC(=O)C12CC(C#CCCNCc3cccc(c3)-c3cc(O)cc4ccc1cc34)CC(CSSCCO5)C2. The standard InChI is InChI=1S/C70H71NO10S2/c1-39(72)80-64-31-52-30-57-55-33-66(62(75)26-47(55)24-58-61(74)34-59-56-32-63(76)65(78-2)27-48(56)25-60(64)70(59,67(57)58)50-16-13-43-10-3-4-11-44(43)22-50)79-18-19-82-83-38-42-20-40-8-5-6-17-71-37-41-9-7-12-45(21-41)54-29-51(73)23-46-14-15-49(28-53(46)54)69(35-40,36-42)68(77)81-52/h3-4,7,9-12,14-15,21-23,26-29,32-33,40,42,52,57-61,64,67,71,73-76H,6,13,16-20,24-25,30-31,34-38H2,1-2H3. The number of fused-ring (bicyclic) bond motifs is 11. The molecule has 6 aliphatic carbocycles. The number of aliphatic hydroxyl groups is 1. The molecule has 6 aromatic rings. The van der Waals surface area contributed by atoms with Crippen LogP contribution in [-0.4, -0.2) is 82.4 Å². The number of ether oxygens (including phenoxy) is 4. The average Bonchev–Trinajstić information content (AvgIpc) is 2.30. The van der Waals surface area contributed by atoms with Crippen LogP contribution in [0.2, 0.25) is 0 Å². The van der Waals surface area contributed by atoms with Crippen molar-refractivity contribution in [2.45, 2.75) is 120 Å². The van der Waals surface area contributed by atoms with Crippen molar-refractivity contribution in [1.82, 2.24) is 5.32 Å². The molecule has 11 bridgehead atoms. The van der Waals surface area contributed by atoms with Gasteiger partial charge in [0.2, 0.25) is 0 Å². The second-order valence-corrected chi connectivity index (χ2v) is 27.6. The lowest BCUT2D eigenvalue weighted by Gasteiger charge is -2.66. The third-order valence-electron chi connectivity index (χ3n) is 20.4. The van der Waals surface area contributed by atoms with E-state index in [4.69, 9.17) is 18.9 Å². The maximum absolute atomic E-state index is 16.8. The number of carbonyl (C=O) groups is 2. The zero-order chi connectivity index (χ0) is 56.7. The van der Waals surface area contributed by atoms with Crippen LogP contribution >= 0.6 is 21.6 Å². The predicted octanol–water partition coefficient (Wildman–Crippen LogP) is 12.5. The molecule has 11 nitrogen and oxygen atoms in total. The third kappa shape index (κ3) is 9.55. The van der Waals surface area contributed by atoms with E-state index in [1.807, 2.05) is 36.4 Å². The highest BCUT2D eigenvalue weighted by molar-refractivity contribution is 8.76. The Labute approximate surface area is 493 Å². The number of nitrogens with one attached hydrogen (secondary N) is 1. The fourth-order valence-corrected chi connectivity index (χ4v) is 19.6. The molecule has 0 radical (unpaired) electrons. The Hall–Kier alpha value is -6.56. The summed E-state index contributed by atoms with van der Waals surface area (Å²) in [6.07, 6.45) is 5.97. The third-order valence-corrected chi connectivity index (χ3v) is 23.0. The van der Waals surface area contributed by atoms with Gasteiger partial charge >= 0.3 is 11.9 Å². The minimum Gasteiger partial charge on any atom is -0.508 e. The van der Waals surface area contributed by atoms with Crippen LogP contribution in [0.3, 0.4) is 0 Å². The van der Waals surface area contributed by atoms with Crippen molar-refractivity contribution in [3.63, 3.8) is 0 Å². The van der Waals surface area contributed by atoms with Crippen molar-refractivity contribution in [2.24, 2.45) is 35.0 Å². The van der Waals surface area contributed by atoms with Crippen LogP contribution in [0, 0.1) is 46.8 Å². The van der Waals surface area contributed by atoms with Gasteiger partial charge in [0.05, 0.1) is 25.2 Å². The summed E-state index contributed by atoms with van der Waals surface area (Å²) in [7, 11) is 5.07. The van der Waals surface area contributed by atoms with E-state index in [2.05, 4.69) is 83.9 Å². The number of aryl methyl sites for hydroxylation is 1. The van der Waals surface area contributed by atoms with E-state index in [9.17, 15) is 25.2 Å². The molecule has 0 saturated heterocycles. The molecule has 2 heterocycles. The van der Waals surface area contributed by atoms with E-state index in [-0.39, 0.29) is 71.1 Å². The first-order valence-corrected chi connectivity index (χ1v) is 32.4. The molecule has 0 aromatic heterocycles. The Bertz CT molecular complexity index is 3680. The van der Waals surface area contributed by atoms with Gasteiger partial charge in [-0.2, -0.15) is 0 Å². The molecule has 6 aromatic carbocycles. The quantitative estimate of drug-likeness (QED) is 0.0647. The highest BCUT2D eigenvalue weighted by Crippen LogP contribution is 2.72. The van der Waals surface area contributed by atoms with Gasteiger partial charge in [-0.3, -0.25) is 9.59 Å². The first-order valence-electron chi connectivity index (χ1n) is 29.9. The molecule has 8 aliphatic rings. The van der Waals surface area contributed by atoms with Crippen LogP contribution in [0.15, 0.2) is 109 Å². The summed E-state index contributed by atoms with van der Waals surface area (Å²) in [6, 6.07) is 34.6. The molecule has 12 atom stereocenters. The van der Waals surface area contributed by atoms with E-state index >= 15 is 4.79 Å². The van der Waals surface area contributed by atoms with Crippen LogP contribution in [0.5, 0.6) is 28.7 Å². The molecule has 13 heteroatoms. The number of phenolic OH excluding ortho intramolecular Hbond substituents is 3. The minimum absolute atomic E-state index is 0.0328. The summed E-state index contributed by atoms with van der Waals surface area (Å²) in [4.78, 5) is 30.8. The molecule has 3 fully saturated rings. The number of aromatic hydroxyl groups is 3. The summed E-state index contributed by atoms with van der Waals surface area (Å²) in [5.41, 5.74) is 9.42. The highest BCUT2D eigenvalue weighted by atomic mass is 33.1. The van der Waals surface area contributed by atoms with Crippen molar-refractivity contribution < 1.29 is 49.0 Å². The molecule has 1 spiro atoms. The molecule has 12 unspecified atom stereocenters. The summed E-state index contributed by atoms with van der Waals surface area (Å²) in [5, 5.41) is 53.4. The van der Waals surface area contributed by atoms with Gasteiger partial charge in [-0.1, -0.05) is 93.8 Å². The Morgan fingerprint density at radius 2 is 1.72 bits per heavy atom. The predicted molar refractivity (Wildman–Crippen MR) is 325 cm³/mol. The van der Waals surface area contributed by atoms with Gasteiger partial charge in [0.15, 0.2) is 23.0 Å². The first kappa shape index (κ1) is 54.4. The van der Waals surface area contributed by atoms with Gasteiger partial charge in [-0.05, 0) is 202 Å². The molecule has 2 aliphatic heterocycles. The van der Waals surface area contributed by atoms with E-state index in [0.29, 0.717) is 81.9 Å². The van der Waals surface area contributed by atoms with Gasteiger partial charge in [0.25, 0.3) is 0 Å². The van der Waals surface area contributed by atoms with Crippen LogP contribution in [0.1, 0.15) is 115 Å². The van der Waals surface area contributed by atoms with Crippen LogP contribution < -0.4 is 14.8 Å². The Morgan fingerprint density at radius 3 is 2.60 bits per heavy atom. The highest BCUT2D eigenvalue weighted by Gasteiger charge is 2.68. The minimum atomic E-state index is -1.16. The fourth-order valence-electron chi connectivity index (χ4n) is 17.3. The van der Waals surface area contributed by atoms with Gasteiger partial charge < -0.3 is 44.7 Å². The summed E-state index contributed by atoms with van der Waals surface area (Å²) < 4.78 is 26.7. The van der Waals surface area contributed by atoms with Crippen molar-refractivity contribution in [2.75, 3.05) is 31.8 Å². The van der Waals surface area contributed by atoms with Crippen LogP contribution in [0.25, 0.3) is 28.0 Å². The van der Waals surface area contributed by atoms with Crippen molar-refractivity contribution in [3.8, 4) is 51.7 Å². The van der Waals surface area contributed by atoms with E-state index in [1.165, 1.54) is 18.1 Å². The number of phenols is 3. The van der Waals surface area contributed by atoms with Gasteiger partial charge in [-0.25, -0.2) is 0 Å². The van der Waals surface area contributed by atoms with E-state index in [0.717, 1.165) is 85.9 Å². The monoisotopic (exact) mass is 1150 g/mol. The molecule has 3 saturated carbocycles. The number of hydrogen-bond acceptors (Lipinski definition) is 13. The zero-order valence-corrected chi connectivity index (χ0v) is 48.7. The number of allylic oxidation sites excluding steroid dienone is 1. The van der Waals surface area contributed by atoms with Crippen LogP contribution in [0.4, 0.5) is 0 Å². The lowest BCUT2D eigenvalue weighted by molar-refractivity contribution is -0.181. The fraction of sp³-hybridized carbons (Fsp3) is 0.429. The zero-order valence-electron chi connectivity index (χ0n) is 47.0. The number of benzene rings is 6. The van der Waals surface area contributed by atoms with Gasteiger partial charge in [0.1, 0.15) is 18.0 Å². The van der Waals surface area contributed by atoms with Gasteiger partial charge in [-0.15, -0.1) is 5.92 Å². The van der Waals surface area contributed by atoms with E-state index < -0.39 is 35.1 Å². The molecular formula is C70H71NO10S2. The molecule has 14 rings (SSSR count). The van der Waals surface area contributed by atoms with Crippen molar-refractivity contribution >= 4 is 50.4 Å². The summed E-state index contributed by atoms with van der Waals surface area (Å²) >= 11 is 0. The van der Waals surface area contributed by atoms with E-state index in [1.54, 1.807) is 34.8 Å². The van der Waals surface area contributed by atoms with Crippen molar-refractivity contribution in [3.05, 3.63) is 153 Å². The molecule has 5 N–H and O–H groups in total. The summed E-state index contributed by atoms with van der Waals surface area (Å²) in [6.45, 7) is 3.22. The number of hydrogen-bond donors (Lipinski definition) is 5. The smallest absolute Gasteiger partial charge is 0.316 e. The summed E-state index contributed by atoms with van der Waals surface area (Å²) in [5.74, 6) is 7.23. The second kappa shape index (κ2) is 21.8. The molecule has 428 valence electrons. The maximum atomic E-state index is 16.8. The maximum Gasteiger partial charge on any atom is 0.316 e. The normalized spacial score (nSPS) is 30.7. The number of methoxy groups -OCH3 is 1. The van der Waals surface area contributed by atoms with Crippen LogP contribution in [-0.2, 0) is 50.3 Å². The number of carbonyl (C=O) groups excluding carboxylic acids is 2. The molecule has 83 heavy (non-hydrogen) atoms. The second-order valence-electron chi connectivity index (χ2n) is 25.0. The average molecular weight is 1150 g/mol. The molecular weight excluding hydrogens is 1080 g/mol.